The van der Waals surface area contributed by atoms with Crippen LogP contribution in [0.2, 0.25) is 0 Å². The van der Waals surface area contributed by atoms with E-state index in [1.165, 1.54) is 24.4 Å². The molecular weight excluding hydrogens is 330 g/mol. The first-order chi connectivity index (χ1) is 12.4. The third-order valence-corrected chi connectivity index (χ3v) is 7.20. The van der Waals surface area contributed by atoms with E-state index >= 15 is 0 Å². The first kappa shape index (κ1) is 15.8. The Morgan fingerprint density at radius 2 is 1.88 bits per heavy atom. The van der Waals surface area contributed by atoms with Crippen LogP contribution < -0.4 is 4.90 Å². The highest BCUT2D eigenvalue weighted by molar-refractivity contribution is 7.13. The molecular formula is C20H25N3OS. The van der Waals surface area contributed by atoms with Crippen LogP contribution in [0.15, 0.2) is 35.8 Å². The van der Waals surface area contributed by atoms with Crippen LogP contribution in [0.4, 0.5) is 5.13 Å². The second kappa shape index (κ2) is 6.38. The highest BCUT2D eigenvalue weighted by Gasteiger charge is 2.47. The Balaban J connectivity index is 1.41. The summed E-state index contributed by atoms with van der Waals surface area (Å²) >= 11 is 1.76. The topological polar surface area (TPSA) is 28.6 Å². The molecule has 5 heteroatoms. The standard InChI is InChI=1S/C20H25N3OS/c1-2-4-17-16(3-1)18(22-10-12-24-13-11-22)15-20(17)5-8-23(9-6-20)19-21-7-14-25-19/h1-4,7,14,18H,5-6,8-13,15H2. The summed E-state index contributed by atoms with van der Waals surface area (Å²) in [6, 6.07) is 9.80. The number of aromatic nitrogens is 1. The molecule has 132 valence electrons. The highest BCUT2D eigenvalue weighted by Crippen LogP contribution is 2.53. The zero-order valence-electron chi connectivity index (χ0n) is 14.6. The van der Waals surface area contributed by atoms with Crippen molar-refractivity contribution in [2.75, 3.05) is 44.3 Å². The largest absolute Gasteiger partial charge is 0.379 e. The third kappa shape index (κ3) is 2.69. The average Bonchev–Trinajstić information content (AvgIpc) is 3.31. The summed E-state index contributed by atoms with van der Waals surface area (Å²) in [7, 11) is 0. The van der Waals surface area contributed by atoms with Crippen molar-refractivity contribution in [2.45, 2.75) is 30.7 Å². The molecule has 0 saturated carbocycles. The van der Waals surface area contributed by atoms with E-state index in [9.17, 15) is 0 Å². The minimum absolute atomic E-state index is 0.354. The Bertz CT molecular complexity index is 718. The van der Waals surface area contributed by atoms with Crippen LogP contribution in [-0.4, -0.2) is 49.3 Å². The predicted molar refractivity (Wildman–Crippen MR) is 101 cm³/mol. The number of piperidine rings is 1. The van der Waals surface area contributed by atoms with Gasteiger partial charge in [0.1, 0.15) is 0 Å². The lowest BCUT2D eigenvalue weighted by Gasteiger charge is -2.41. The minimum atomic E-state index is 0.354. The van der Waals surface area contributed by atoms with Gasteiger partial charge in [-0.2, -0.15) is 0 Å². The van der Waals surface area contributed by atoms with Crippen molar-refractivity contribution in [3.8, 4) is 0 Å². The maximum absolute atomic E-state index is 5.59. The fourth-order valence-corrected chi connectivity index (χ4v) is 5.74. The van der Waals surface area contributed by atoms with E-state index < -0.39 is 0 Å². The molecule has 0 N–H and O–H groups in total. The van der Waals surface area contributed by atoms with E-state index in [2.05, 4.69) is 44.4 Å². The van der Waals surface area contributed by atoms with Gasteiger partial charge in [0.05, 0.1) is 13.2 Å². The fraction of sp³-hybridized carbons (Fsp3) is 0.550. The second-order valence-electron chi connectivity index (χ2n) is 7.54. The van der Waals surface area contributed by atoms with Crippen molar-refractivity contribution in [2.24, 2.45) is 0 Å². The molecule has 2 aliphatic heterocycles. The summed E-state index contributed by atoms with van der Waals surface area (Å²) in [5, 5.41) is 3.27. The van der Waals surface area contributed by atoms with Crippen LogP contribution in [-0.2, 0) is 10.2 Å². The normalized spacial score (nSPS) is 26.1. The molecule has 0 radical (unpaired) electrons. The van der Waals surface area contributed by atoms with Gasteiger partial charge >= 0.3 is 0 Å². The van der Waals surface area contributed by atoms with Crippen LogP contribution in [0.1, 0.15) is 36.4 Å². The molecule has 1 aromatic heterocycles. The zero-order valence-corrected chi connectivity index (χ0v) is 15.4. The molecule has 1 spiro atoms. The number of benzene rings is 1. The summed E-state index contributed by atoms with van der Waals surface area (Å²) in [6.45, 7) is 6.14. The van der Waals surface area contributed by atoms with E-state index in [1.54, 1.807) is 22.5 Å². The molecule has 1 aliphatic carbocycles. The lowest BCUT2D eigenvalue weighted by Crippen LogP contribution is -2.43. The van der Waals surface area contributed by atoms with E-state index in [4.69, 9.17) is 4.74 Å². The Morgan fingerprint density at radius 1 is 1.08 bits per heavy atom. The summed E-state index contributed by atoms with van der Waals surface area (Å²) in [4.78, 5) is 9.64. The van der Waals surface area contributed by atoms with Crippen molar-refractivity contribution >= 4 is 16.5 Å². The fourth-order valence-electron chi connectivity index (χ4n) is 5.05. The maximum Gasteiger partial charge on any atom is 0.185 e. The smallest absolute Gasteiger partial charge is 0.185 e. The molecule has 0 amide bonds. The van der Waals surface area contributed by atoms with Crippen LogP contribution in [0.25, 0.3) is 0 Å². The lowest BCUT2D eigenvalue weighted by molar-refractivity contribution is 0.0122. The van der Waals surface area contributed by atoms with Gasteiger partial charge in [-0.1, -0.05) is 24.3 Å². The van der Waals surface area contributed by atoms with E-state index in [1.807, 2.05) is 6.20 Å². The highest BCUT2D eigenvalue weighted by atomic mass is 32.1. The number of nitrogens with zero attached hydrogens (tertiary/aromatic N) is 3. The molecule has 1 aromatic carbocycles. The zero-order chi connectivity index (χ0) is 16.7. The van der Waals surface area contributed by atoms with Crippen molar-refractivity contribution in [3.05, 3.63) is 47.0 Å². The van der Waals surface area contributed by atoms with Gasteiger partial charge in [0.25, 0.3) is 0 Å². The third-order valence-electron chi connectivity index (χ3n) is 6.37. The number of anilines is 1. The first-order valence-electron chi connectivity index (χ1n) is 9.41. The number of hydrogen-bond donors (Lipinski definition) is 0. The van der Waals surface area contributed by atoms with Crippen LogP contribution in [0.5, 0.6) is 0 Å². The second-order valence-corrected chi connectivity index (χ2v) is 8.41. The van der Waals surface area contributed by atoms with E-state index in [-0.39, 0.29) is 0 Å². The van der Waals surface area contributed by atoms with Gasteiger partial charge in [0.15, 0.2) is 5.13 Å². The summed E-state index contributed by atoms with van der Waals surface area (Å²) < 4.78 is 5.59. The van der Waals surface area contributed by atoms with Crippen molar-refractivity contribution < 1.29 is 4.74 Å². The maximum atomic E-state index is 5.59. The Hall–Kier alpha value is -1.43. The van der Waals surface area contributed by atoms with Gasteiger partial charge in [-0.15, -0.1) is 11.3 Å². The molecule has 0 bridgehead atoms. The van der Waals surface area contributed by atoms with Gasteiger partial charge in [0.2, 0.25) is 0 Å². The molecule has 25 heavy (non-hydrogen) atoms. The summed E-state index contributed by atoms with van der Waals surface area (Å²) in [6.07, 6.45) is 5.68. The first-order valence-corrected chi connectivity index (χ1v) is 10.3. The number of thiazole rings is 1. The average molecular weight is 356 g/mol. The molecule has 3 aliphatic rings. The SMILES string of the molecule is c1ccc2c(c1)C(N1CCOCC1)CC21CCN(c2nccs2)CC1. The predicted octanol–water partition coefficient (Wildman–Crippen LogP) is 3.46. The molecule has 2 aromatic rings. The molecule has 2 fully saturated rings. The van der Waals surface area contributed by atoms with Gasteiger partial charge in [-0.05, 0) is 30.4 Å². The van der Waals surface area contributed by atoms with Crippen LogP contribution in [0.3, 0.4) is 0 Å². The molecule has 5 rings (SSSR count). The van der Waals surface area contributed by atoms with E-state index in [0.29, 0.717) is 11.5 Å². The van der Waals surface area contributed by atoms with Gasteiger partial charge < -0.3 is 9.64 Å². The molecule has 2 saturated heterocycles. The molecule has 1 atom stereocenters. The van der Waals surface area contributed by atoms with Crippen LogP contribution >= 0.6 is 11.3 Å². The quantitative estimate of drug-likeness (QED) is 0.825. The van der Waals surface area contributed by atoms with Crippen molar-refractivity contribution in [1.82, 2.24) is 9.88 Å². The molecule has 3 heterocycles. The lowest BCUT2D eigenvalue weighted by atomic mass is 9.73. The summed E-state index contributed by atoms with van der Waals surface area (Å²) in [5.74, 6) is 0. The monoisotopic (exact) mass is 355 g/mol. The summed E-state index contributed by atoms with van der Waals surface area (Å²) in [5.41, 5.74) is 3.55. The van der Waals surface area contributed by atoms with Gasteiger partial charge in [0, 0.05) is 49.2 Å². The number of fused-ring (bicyclic) bond motifs is 2. The molecule has 4 nitrogen and oxygen atoms in total. The van der Waals surface area contributed by atoms with Crippen molar-refractivity contribution in [3.63, 3.8) is 0 Å². The Kier molecular flexibility index (Phi) is 4.03. The Morgan fingerprint density at radius 3 is 2.64 bits per heavy atom. The number of ether oxygens (including phenoxy) is 1. The van der Waals surface area contributed by atoms with Gasteiger partial charge in [-0.25, -0.2) is 4.98 Å². The van der Waals surface area contributed by atoms with Gasteiger partial charge in [-0.3, -0.25) is 4.90 Å². The Labute approximate surface area is 153 Å². The van der Waals surface area contributed by atoms with Crippen molar-refractivity contribution in [1.29, 1.82) is 0 Å². The van der Waals surface area contributed by atoms with Crippen LogP contribution in [0, 0.1) is 0 Å². The number of morpholine rings is 1. The van der Waals surface area contributed by atoms with E-state index in [0.717, 1.165) is 39.4 Å². The molecule has 1 unspecified atom stereocenters. The number of rotatable bonds is 2. The number of hydrogen-bond acceptors (Lipinski definition) is 5. The minimum Gasteiger partial charge on any atom is -0.379 e.